The molecular weight excluding hydrogens is 468 g/mol. The Balaban J connectivity index is 1.30. The summed E-state index contributed by atoms with van der Waals surface area (Å²) in [6.07, 6.45) is 7.94. The number of halogens is 1. The van der Waals surface area contributed by atoms with Gasteiger partial charge in [0.1, 0.15) is 0 Å². The fraction of sp³-hybridized carbons (Fsp3) is 0.333. The van der Waals surface area contributed by atoms with E-state index in [2.05, 4.69) is 11.4 Å². The van der Waals surface area contributed by atoms with Crippen molar-refractivity contribution in [2.45, 2.75) is 44.6 Å². The van der Waals surface area contributed by atoms with E-state index in [4.69, 9.17) is 16.3 Å². The van der Waals surface area contributed by atoms with Crippen molar-refractivity contribution in [3.05, 3.63) is 76.3 Å². The van der Waals surface area contributed by atoms with Crippen LogP contribution in [0.2, 0.25) is 5.02 Å². The average Bonchev–Trinajstić information content (AvgIpc) is 3.16. The van der Waals surface area contributed by atoms with Gasteiger partial charge in [-0.25, -0.2) is 9.69 Å². The summed E-state index contributed by atoms with van der Waals surface area (Å²) in [6.45, 7) is 0.248. The lowest BCUT2D eigenvalue weighted by molar-refractivity contribution is -0.121. The minimum atomic E-state index is -0.672. The lowest BCUT2D eigenvalue weighted by atomic mass is 9.97. The van der Waals surface area contributed by atoms with Crippen LogP contribution >= 0.6 is 11.6 Å². The molecule has 1 aliphatic carbocycles. The molecule has 1 heterocycles. The molecule has 0 bridgehead atoms. The fourth-order valence-corrected chi connectivity index (χ4v) is 4.41. The molecule has 1 atom stereocenters. The number of benzene rings is 2. The third-order valence-electron chi connectivity index (χ3n) is 6.23. The van der Waals surface area contributed by atoms with E-state index in [-0.39, 0.29) is 29.6 Å². The van der Waals surface area contributed by atoms with Crippen molar-refractivity contribution in [1.82, 2.24) is 5.32 Å². The Hall–Kier alpha value is -3.29. The van der Waals surface area contributed by atoms with Crippen molar-refractivity contribution in [3.8, 4) is 0 Å². The molecule has 2 aromatic carbocycles. The van der Waals surface area contributed by atoms with Crippen molar-refractivity contribution in [3.63, 3.8) is 0 Å². The number of amides is 2. The van der Waals surface area contributed by atoms with E-state index >= 15 is 0 Å². The topological polar surface area (TPSA) is 92.8 Å². The van der Waals surface area contributed by atoms with Crippen LogP contribution in [0.15, 0.2) is 60.2 Å². The predicted octanol–water partition coefficient (Wildman–Crippen LogP) is 4.49. The van der Waals surface area contributed by atoms with Gasteiger partial charge in [-0.2, -0.15) is 0 Å². The van der Waals surface area contributed by atoms with E-state index in [1.54, 1.807) is 24.3 Å². The molecule has 1 unspecified atom stereocenters. The summed E-state index contributed by atoms with van der Waals surface area (Å²) in [5, 5.41) is 3.72. The number of esters is 1. The van der Waals surface area contributed by atoms with Gasteiger partial charge in [0.15, 0.2) is 12.4 Å². The maximum Gasteiger partial charge on any atom is 0.338 e. The Bertz CT molecular complexity index is 1140. The van der Waals surface area contributed by atoms with Crippen molar-refractivity contribution in [1.29, 1.82) is 0 Å². The molecule has 2 amide bonds. The number of ether oxygens (including phenoxy) is 1. The van der Waals surface area contributed by atoms with Crippen molar-refractivity contribution in [2.24, 2.45) is 0 Å². The molecule has 0 aromatic heterocycles. The lowest BCUT2D eigenvalue weighted by Crippen LogP contribution is -2.39. The summed E-state index contributed by atoms with van der Waals surface area (Å²) in [5.74, 6) is -1.60. The number of hydrogen-bond donors (Lipinski definition) is 1. The quantitative estimate of drug-likeness (QED) is 0.239. The number of ketones is 1. The monoisotopic (exact) mass is 494 g/mol. The van der Waals surface area contributed by atoms with Crippen molar-refractivity contribution < 1.29 is 23.9 Å². The molecule has 182 valence electrons. The first-order valence-corrected chi connectivity index (χ1v) is 12.1. The number of nitrogens with zero attached hydrogens (tertiary/aromatic N) is 1. The van der Waals surface area contributed by atoms with Gasteiger partial charge in [-0.05, 0) is 87.2 Å². The van der Waals surface area contributed by atoms with Crippen LogP contribution in [0.3, 0.4) is 0 Å². The maximum atomic E-state index is 12.8. The third-order valence-corrected chi connectivity index (χ3v) is 6.48. The Morgan fingerprint density at radius 3 is 2.40 bits per heavy atom. The van der Waals surface area contributed by atoms with Crippen LogP contribution in [0, 0.1) is 0 Å². The molecule has 0 spiro atoms. The summed E-state index contributed by atoms with van der Waals surface area (Å²) in [4.78, 5) is 51.0. The number of allylic oxidation sites excluding steroid dienone is 1. The maximum absolute atomic E-state index is 12.8. The van der Waals surface area contributed by atoms with Gasteiger partial charge in [0.05, 0.1) is 23.7 Å². The number of carbonyl (C=O) groups is 4. The van der Waals surface area contributed by atoms with Crippen LogP contribution < -0.4 is 10.2 Å². The largest absolute Gasteiger partial charge is 0.454 e. The zero-order valence-electron chi connectivity index (χ0n) is 19.3. The fourth-order valence-electron chi connectivity index (χ4n) is 4.28. The van der Waals surface area contributed by atoms with Gasteiger partial charge in [0, 0.05) is 10.6 Å². The van der Waals surface area contributed by atoms with Gasteiger partial charge in [-0.15, -0.1) is 0 Å². The Kier molecular flexibility index (Phi) is 8.10. The highest BCUT2D eigenvalue weighted by molar-refractivity contribution is 6.30. The SMILES string of the molecule is O=C(COC(=O)c1ccc(N2C(=O)CC(NCCC3=CCCCC3)C2=O)cc1)c1ccc(Cl)cc1. The summed E-state index contributed by atoms with van der Waals surface area (Å²) < 4.78 is 5.11. The average molecular weight is 495 g/mol. The molecular formula is C27H27ClN2O5. The highest BCUT2D eigenvalue weighted by Gasteiger charge is 2.39. The second kappa shape index (κ2) is 11.4. The molecule has 35 heavy (non-hydrogen) atoms. The van der Waals surface area contributed by atoms with Crippen LogP contribution in [0.5, 0.6) is 0 Å². The second-order valence-corrected chi connectivity index (χ2v) is 9.13. The minimum absolute atomic E-state index is 0.106. The minimum Gasteiger partial charge on any atom is -0.454 e. The van der Waals surface area contributed by atoms with Crippen LogP contribution in [-0.4, -0.2) is 42.8 Å². The van der Waals surface area contributed by atoms with E-state index in [1.807, 2.05) is 0 Å². The number of rotatable bonds is 9. The van der Waals surface area contributed by atoms with Crippen LogP contribution in [-0.2, 0) is 14.3 Å². The van der Waals surface area contributed by atoms with Gasteiger partial charge in [0.25, 0.3) is 5.91 Å². The van der Waals surface area contributed by atoms with Gasteiger partial charge in [0.2, 0.25) is 5.91 Å². The van der Waals surface area contributed by atoms with Gasteiger partial charge in [-0.1, -0.05) is 23.3 Å². The Labute approximate surface area is 209 Å². The standard InChI is InChI=1S/C27H27ClN2O5/c28-21-10-6-19(7-11-21)24(31)17-35-27(34)20-8-12-22(13-9-20)30-25(32)16-23(26(30)33)29-15-14-18-4-2-1-3-5-18/h4,6-13,23,29H,1-3,5,14-17H2. The zero-order chi connectivity index (χ0) is 24.8. The number of anilines is 1. The molecule has 1 aliphatic heterocycles. The molecule has 2 aromatic rings. The Morgan fingerprint density at radius 1 is 1.00 bits per heavy atom. The number of Topliss-reactive ketones (excluding diaryl/α,β-unsaturated/α-hetero) is 1. The third kappa shape index (κ3) is 6.24. The molecule has 1 fully saturated rings. The van der Waals surface area contributed by atoms with Gasteiger partial charge >= 0.3 is 5.97 Å². The van der Waals surface area contributed by atoms with Crippen LogP contribution in [0.4, 0.5) is 5.69 Å². The van der Waals surface area contributed by atoms with E-state index in [0.29, 0.717) is 22.8 Å². The van der Waals surface area contributed by atoms with E-state index in [9.17, 15) is 19.2 Å². The molecule has 2 aliphatic rings. The molecule has 1 N–H and O–H groups in total. The molecule has 7 nitrogen and oxygen atoms in total. The molecule has 1 saturated heterocycles. The first kappa shape index (κ1) is 24.8. The number of hydrogen-bond acceptors (Lipinski definition) is 6. The molecule has 4 rings (SSSR count). The molecule has 0 radical (unpaired) electrons. The number of imide groups is 1. The first-order valence-electron chi connectivity index (χ1n) is 11.8. The molecule has 8 heteroatoms. The van der Waals surface area contributed by atoms with Crippen LogP contribution in [0.25, 0.3) is 0 Å². The van der Waals surface area contributed by atoms with Crippen LogP contribution in [0.1, 0.15) is 59.2 Å². The molecule has 0 saturated carbocycles. The summed E-state index contributed by atoms with van der Waals surface area (Å²) >= 11 is 5.81. The number of carbonyl (C=O) groups excluding carboxylic acids is 4. The lowest BCUT2D eigenvalue weighted by Gasteiger charge is -2.17. The highest BCUT2D eigenvalue weighted by atomic mass is 35.5. The second-order valence-electron chi connectivity index (χ2n) is 8.69. The van der Waals surface area contributed by atoms with E-state index in [1.165, 1.54) is 42.7 Å². The van der Waals surface area contributed by atoms with E-state index < -0.39 is 18.6 Å². The zero-order valence-corrected chi connectivity index (χ0v) is 20.1. The van der Waals surface area contributed by atoms with Crippen molar-refractivity contribution >= 4 is 40.9 Å². The smallest absolute Gasteiger partial charge is 0.338 e. The van der Waals surface area contributed by atoms with Gasteiger partial charge in [-0.3, -0.25) is 14.4 Å². The number of nitrogens with one attached hydrogen (secondary N) is 1. The summed E-state index contributed by atoms with van der Waals surface area (Å²) in [7, 11) is 0. The normalized spacial score (nSPS) is 17.9. The summed E-state index contributed by atoms with van der Waals surface area (Å²) in [5.41, 5.74) is 2.41. The summed E-state index contributed by atoms with van der Waals surface area (Å²) in [6, 6.07) is 11.8. The van der Waals surface area contributed by atoms with Gasteiger partial charge < -0.3 is 10.1 Å². The van der Waals surface area contributed by atoms with E-state index in [0.717, 1.165) is 24.2 Å². The Morgan fingerprint density at radius 2 is 1.71 bits per heavy atom. The predicted molar refractivity (Wildman–Crippen MR) is 133 cm³/mol. The van der Waals surface area contributed by atoms with Crippen molar-refractivity contribution in [2.75, 3.05) is 18.1 Å². The first-order chi connectivity index (χ1) is 16.9. The highest BCUT2D eigenvalue weighted by Crippen LogP contribution is 2.24.